The lowest BCUT2D eigenvalue weighted by Gasteiger charge is -2.08. The summed E-state index contributed by atoms with van der Waals surface area (Å²) in [6.45, 7) is 1.83. The molecule has 0 saturated carbocycles. The molecule has 0 spiro atoms. The van der Waals surface area contributed by atoms with E-state index in [9.17, 15) is 13.2 Å². The second kappa shape index (κ2) is 4.37. The van der Waals surface area contributed by atoms with Crippen molar-refractivity contribution < 1.29 is 13.2 Å². The summed E-state index contributed by atoms with van der Waals surface area (Å²) in [6, 6.07) is 11.6. The Bertz CT molecular complexity index is 755. The molecule has 2 nitrogen and oxygen atoms in total. The molecule has 0 aliphatic carbocycles. The number of H-pyrrole nitrogens is 1. The molecule has 2 aromatic carbocycles. The van der Waals surface area contributed by atoms with Crippen LogP contribution in [0.2, 0.25) is 0 Å². The number of nitrogens with zero attached hydrogens (tertiary/aromatic N) is 1. The van der Waals surface area contributed by atoms with E-state index in [4.69, 9.17) is 0 Å². The highest BCUT2D eigenvalue weighted by atomic mass is 19.4. The SMILES string of the molecule is Cc1nc2c(-c3ccc(C(F)(F)F)cc3)[c]ccc2[nH]1. The minimum Gasteiger partial charge on any atom is -0.342 e. The van der Waals surface area contributed by atoms with Crippen molar-refractivity contribution >= 4 is 11.0 Å². The second-order valence-electron chi connectivity index (χ2n) is 4.51. The molecule has 0 bridgehead atoms. The molecule has 0 aliphatic heterocycles. The maximum absolute atomic E-state index is 12.6. The molecule has 101 valence electrons. The highest BCUT2D eigenvalue weighted by Gasteiger charge is 2.30. The van der Waals surface area contributed by atoms with Crippen molar-refractivity contribution in [2.24, 2.45) is 0 Å². The van der Waals surface area contributed by atoms with Crippen LogP contribution in [0.15, 0.2) is 36.4 Å². The van der Waals surface area contributed by atoms with Gasteiger partial charge in [0.1, 0.15) is 5.82 Å². The predicted octanol–water partition coefficient (Wildman–Crippen LogP) is 4.36. The lowest BCUT2D eigenvalue weighted by molar-refractivity contribution is -0.137. The zero-order chi connectivity index (χ0) is 14.3. The van der Waals surface area contributed by atoms with Crippen molar-refractivity contribution in [3.63, 3.8) is 0 Å². The van der Waals surface area contributed by atoms with E-state index in [2.05, 4.69) is 16.0 Å². The van der Waals surface area contributed by atoms with Crippen molar-refractivity contribution in [2.45, 2.75) is 13.1 Å². The summed E-state index contributed by atoms with van der Waals surface area (Å²) < 4.78 is 37.7. The number of aromatic amines is 1. The van der Waals surface area contributed by atoms with Gasteiger partial charge in [0.15, 0.2) is 0 Å². The number of halogens is 3. The van der Waals surface area contributed by atoms with Crippen molar-refractivity contribution in [1.82, 2.24) is 9.97 Å². The standard InChI is InChI=1S/C15H10F3N2/c1-9-19-13-4-2-3-12(14(13)20-9)10-5-7-11(8-6-10)15(16,17)18/h2,4-8H,1H3,(H,19,20). The van der Waals surface area contributed by atoms with Gasteiger partial charge in [0.05, 0.1) is 16.6 Å². The molecule has 0 saturated heterocycles. The van der Waals surface area contributed by atoms with E-state index < -0.39 is 11.7 Å². The number of aryl methyl sites for hydroxylation is 1. The van der Waals surface area contributed by atoms with Crippen LogP contribution in [0.3, 0.4) is 0 Å². The van der Waals surface area contributed by atoms with E-state index in [1.54, 1.807) is 6.07 Å². The van der Waals surface area contributed by atoms with Gasteiger partial charge in [-0.2, -0.15) is 13.2 Å². The van der Waals surface area contributed by atoms with Gasteiger partial charge in [0, 0.05) is 5.56 Å². The zero-order valence-electron chi connectivity index (χ0n) is 10.5. The third kappa shape index (κ3) is 2.15. The van der Waals surface area contributed by atoms with Crippen LogP contribution in [0, 0.1) is 13.0 Å². The van der Waals surface area contributed by atoms with Crippen LogP contribution in [-0.2, 0) is 6.18 Å². The molecule has 1 radical (unpaired) electrons. The van der Waals surface area contributed by atoms with Gasteiger partial charge in [-0.1, -0.05) is 18.2 Å². The molecule has 0 amide bonds. The fourth-order valence-electron chi connectivity index (χ4n) is 2.14. The lowest BCUT2D eigenvalue weighted by atomic mass is 10.0. The van der Waals surface area contributed by atoms with E-state index in [0.717, 1.165) is 23.5 Å². The van der Waals surface area contributed by atoms with Crippen LogP contribution in [0.1, 0.15) is 11.4 Å². The monoisotopic (exact) mass is 275 g/mol. The average molecular weight is 275 g/mol. The topological polar surface area (TPSA) is 28.7 Å². The first-order valence-corrected chi connectivity index (χ1v) is 6.00. The van der Waals surface area contributed by atoms with Crippen molar-refractivity contribution in [1.29, 1.82) is 0 Å². The smallest absolute Gasteiger partial charge is 0.342 e. The third-order valence-corrected chi connectivity index (χ3v) is 3.07. The molecule has 20 heavy (non-hydrogen) atoms. The van der Waals surface area contributed by atoms with Gasteiger partial charge >= 0.3 is 6.18 Å². The maximum atomic E-state index is 12.6. The Labute approximate surface area is 113 Å². The summed E-state index contributed by atoms with van der Waals surface area (Å²) in [6.07, 6.45) is -4.32. The third-order valence-electron chi connectivity index (χ3n) is 3.07. The highest BCUT2D eigenvalue weighted by molar-refractivity contribution is 5.91. The molecule has 0 atom stereocenters. The molecular weight excluding hydrogens is 265 g/mol. The van der Waals surface area contributed by atoms with Gasteiger partial charge in [0.2, 0.25) is 0 Å². The fourth-order valence-corrected chi connectivity index (χ4v) is 2.14. The number of fused-ring (bicyclic) bond motifs is 1. The minimum atomic E-state index is -4.32. The van der Waals surface area contributed by atoms with Gasteiger partial charge in [-0.3, -0.25) is 0 Å². The Kier molecular flexibility index (Phi) is 2.78. The summed E-state index contributed by atoms with van der Waals surface area (Å²) in [5, 5.41) is 0. The average Bonchev–Trinajstić information content (AvgIpc) is 2.78. The number of aromatic nitrogens is 2. The predicted molar refractivity (Wildman–Crippen MR) is 70.1 cm³/mol. The maximum Gasteiger partial charge on any atom is 0.416 e. The highest BCUT2D eigenvalue weighted by Crippen LogP contribution is 2.32. The van der Waals surface area contributed by atoms with Gasteiger partial charge < -0.3 is 4.98 Å². The summed E-state index contributed by atoms with van der Waals surface area (Å²) in [4.78, 5) is 7.44. The van der Waals surface area contributed by atoms with E-state index in [0.29, 0.717) is 16.6 Å². The molecule has 3 rings (SSSR count). The number of alkyl halides is 3. The summed E-state index contributed by atoms with van der Waals surface area (Å²) in [5.74, 6) is 0.757. The summed E-state index contributed by atoms with van der Waals surface area (Å²) in [7, 11) is 0. The first-order valence-electron chi connectivity index (χ1n) is 6.00. The molecule has 1 heterocycles. The van der Waals surface area contributed by atoms with Crippen LogP contribution in [0.25, 0.3) is 22.2 Å². The van der Waals surface area contributed by atoms with Crippen LogP contribution < -0.4 is 0 Å². The van der Waals surface area contributed by atoms with Gasteiger partial charge in [-0.05, 0) is 36.8 Å². The second-order valence-corrected chi connectivity index (χ2v) is 4.51. The molecule has 0 aliphatic rings. The van der Waals surface area contributed by atoms with Crippen LogP contribution in [0.4, 0.5) is 13.2 Å². The van der Waals surface area contributed by atoms with Gasteiger partial charge in [0.25, 0.3) is 0 Å². The Morgan fingerprint density at radius 3 is 2.45 bits per heavy atom. The zero-order valence-corrected chi connectivity index (χ0v) is 10.5. The Morgan fingerprint density at radius 1 is 1.10 bits per heavy atom. The van der Waals surface area contributed by atoms with E-state index in [1.807, 2.05) is 13.0 Å². The lowest BCUT2D eigenvalue weighted by Crippen LogP contribution is -2.04. The van der Waals surface area contributed by atoms with Crippen LogP contribution in [-0.4, -0.2) is 9.97 Å². The molecule has 5 heteroatoms. The van der Waals surface area contributed by atoms with E-state index >= 15 is 0 Å². The Hall–Kier alpha value is -2.30. The number of hydrogen-bond acceptors (Lipinski definition) is 1. The molecule has 0 unspecified atom stereocenters. The minimum absolute atomic E-state index is 0.661. The molecular formula is C15H10F3N2. The largest absolute Gasteiger partial charge is 0.416 e. The Balaban J connectivity index is 2.11. The normalized spacial score (nSPS) is 12.0. The van der Waals surface area contributed by atoms with E-state index in [1.165, 1.54) is 12.1 Å². The summed E-state index contributed by atoms with van der Waals surface area (Å²) in [5.41, 5.74) is 2.25. The number of benzene rings is 2. The van der Waals surface area contributed by atoms with Crippen molar-refractivity contribution in [3.8, 4) is 11.1 Å². The number of imidazole rings is 1. The van der Waals surface area contributed by atoms with Crippen LogP contribution in [0.5, 0.6) is 0 Å². The molecule has 3 aromatic rings. The fraction of sp³-hybridized carbons (Fsp3) is 0.133. The van der Waals surface area contributed by atoms with Gasteiger partial charge in [-0.15, -0.1) is 0 Å². The first-order chi connectivity index (χ1) is 9.45. The number of rotatable bonds is 1. The summed E-state index contributed by atoms with van der Waals surface area (Å²) >= 11 is 0. The first kappa shape index (κ1) is 12.7. The van der Waals surface area contributed by atoms with E-state index in [-0.39, 0.29) is 0 Å². The number of hydrogen-bond donors (Lipinski definition) is 1. The van der Waals surface area contributed by atoms with Crippen LogP contribution >= 0.6 is 0 Å². The molecule has 1 N–H and O–H groups in total. The quantitative estimate of drug-likeness (QED) is 0.702. The molecule has 0 fully saturated rings. The molecule has 1 aromatic heterocycles. The van der Waals surface area contributed by atoms with Gasteiger partial charge in [-0.25, -0.2) is 4.98 Å². The Morgan fingerprint density at radius 2 is 1.80 bits per heavy atom. The number of nitrogens with one attached hydrogen (secondary N) is 1. The van der Waals surface area contributed by atoms with Crippen molar-refractivity contribution in [2.75, 3.05) is 0 Å². The van der Waals surface area contributed by atoms with Crippen molar-refractivity contribution in [3.05, 3.63) is 53.9 Å².